The van der Waals surface area contributed by atoms with Gasteiger partial charge in [-0.2, -0.15) is 5.26 Å². The van der Waals surface area contributed by atoms with E-state index < -0.39 is 0 Å². The maximum atomic E-state index is 9.62. The van der Waals surface area contributed by atoms with E-state index in [2.05, 4.69) is 141 Å². The van der Waals surface area contributed by atoms with E-state index in [-0.39, 0.29) is 0 Å². The molecule has 0 spiro atoms. The zero-order chi connectivity index (χ0) is 32.2. The first kappa shape index (κ1) is 27.4. The number of aromatic nitrogens is 2. The number of hydrogen-bond donors (Lipinski definition) is 0. The molecule has 2 heterocycles. The average molecular weight is 611 g/mol. The first-order valence-electron chi connectivity index (χ1n) is 15.9. The highest BCUT2D eigenvalue weighted by Gasteiger charge is 2.18. The van der Waals surface area contributed by atoms with E-state index in [0.717, 1.165) is 66.5 Å². The molecule has 0 saturated heterocycles. The molecule has 0 atom stereocenters. The predicted molar refractivity (Wildman–Crippen MR) is 197 cm³/mol. The molecule has 0 fully saturated rings. The first-order chi connectivity index (χ1) is 23.7. The van der Waals surface area contributed by atoms with Crippen LogP contribution in [-0.2, 0) is 0 Å². The van der Waals surface area contributed by atoms with Crippen molar-refractivity contribution >= 4 is 49.3 Å². The molecule has 0 N–H and O–H groups in total. The summed E-state index contributed by atoms with van der Waals surface area (Å²) in [5.41, 5.74) is 12.3. The minimum Gasteiger partial charge on any atom is -0.309 e. The summed E-state index contributed by atoms with van der Waals surface area (Å²) in [6, 6.07) is 57.0. The van der Waals surface area contributed by atoms with Gasteiger partial charge in [-0.05, 0) is 71.3 Å². The fourth-order valence-electron chi connectivity index (χ4n) is 7.21. The van der Waals surface area contributed by atoms with Gasteiger partial charge in [0, 0.05) is 38.5 Å². The standard InChI is InChI=1S/C44H26N4/c1-46-33-22-20-30(21-23-33)31-9-6-12-35(26-31)48-42-18-5-2-13-37(42)39-16-8-15-36(44(39)48)32-10-7-11-34(27-32)47-41-17-4-3-14-38(41)40-25-29(28-45)19-24-43(40)47/h2-27H. The van der Waals surface area contributed by atoms with Crippen LogP contribution in [0.4, 0.5) is 5.69 Å². The largest absolute Gasteiger partial charge is 0.309 e. The highest BCUT2D eigenvalue weighted by molar-refractivity contribution is 6.14. The van der Waals surface area contributed by atoms with E-state index in [1.807, 2.05) is 36.4 Å². The zero-order valence-electron chi connectivity index (χ0n) is 25.8. The van der Waals surface area contributed by atoms with Gasteiger partial charge in [-0.15, -0.1) is 0 Å². The van der Waals surface area contributed by atoms with E-state index in [0.29, 0.717) is 11.3 Å². The van der Waals surface area contributed by atoms with Crippen LogP contribution in [0.5, 0.6) is 0 Å². The van der Waals surface area contributed by atoms with Crippen LogP contribution in [0.15, 0.2) is 158 Å². The average Bonchev–Trinajstić information content (AvgIpc) is 3.68. The molecule has 222 valence electrons. The van der Waals surface area contributed by atoms with Crippen LogP contribution in [0, 0.1) is 17.9 Å². The Balaban J connectivity index is 1.28. The Morgan fingerprint density at radius 3 is 1.83 bits per heavy atom. The van der Waals surface area contributed by atoms with Gasteiger partial charge in [0.25, 0.3) is 0 Å². The van der Waals surface area contributed by atoms with Crippen LogP contribution in [0.1, 0.15) is 5.56 Å². The van der Waals surface area contributed by atoms with Gasteiger partial charge in [0.05, 0.1) is 40.3 Å². The molecule has 2 aromatic heterocycles. The molecule has 48 heavy (non-hydrogen) atoms. The van der Waals surface area contributed by atoms with E-state index >= 15 is 0 Å². The Kier molecular flexibility index (Phi) is 6.22. The van der Waals surface area contributed by atoms with E-state index in [4.69, 9.17) is 6.57 Å². The van der Waals surface area contributed by atoms with Gasteiger partial charge >= 0.3 is 0 Å². The van der Waals surface area contributed by atoms with Gasteiger partial charge in [0.15, 0.2) is 5.69 Å². The molecule has 7 aromatic carbocycles. The molecule has 0 radical (unpaired) electrons. The number of rotatable bonds is 4. The first-order valence-corrected chi connectivity index (χ1v) is 15.9. The second-order valence-corrected chi connectivity index (χ2v) is 12.0. The topological polar surface area (TPSA) is 38.0 Å². The van der Waals surface area contributed by atoms with Gasteiger partial charge in [0.1, 0.15) is 0 Å². The van der Waals surface area contributed by atoms with Gasteiger partial charge in [-0.25, -0.2) is 4.85 Å². The summed E-state index contributed by atoms with van der Waals surface area (Å²) in [5, 5.41) is 14.2. The molecule has 0 bridgehead atoms. The van der Waals surface area contributed by atoms with E-state index in [9.17, 15) is 5.26 Å². The molecule has 0 aliphatic heterocycles. The van der Waals surface area contributed by atoms with Crippen molar-refractivity contribution in [1.29, 1.82) is 5.26 Å². The Labute approximate surface area is 277 Å². The summed E-state index contributed by atoms with van der Waals surface area (Å²) in [7, 11) is 0. The molecule has 0 aliphatic rings. The normalized spacial score (nSPS) is 11.3. The fourth-order valence-corrected chi connectivity index (χ4v) is 7.21. The molecular weight excluding hydrogens is 585 g/mol. The summed E-state index contributed by atoms with van der Waals surface area (Å²) >= 11 is 0. The van der Waals surface area contributed by atoms with Crippen LogP contribution in [-0.4, -0.2) is 9.13 Å². The van der Waals surface area contributed by atoms with Crippen LogP contribution in [0.2, 0.25) is 0 Å². The Morgan fingerprint density at radius 2 is 1.08 bits per heavy atom. The number of benzene rings is 7. The van der Waals surface area contributed by atoms with Gasteiger partial charge < -0.3 is 9.13 Å². The number of nitrogens with zero attached hydrogens (tertiary/aromatic N) is 4. The maximum absolute atomic E-state index is 9.62. The molecule has 0 saturated carbocycles. The Morgan fingerprint density at radius 1 is 0.479 bits per heavy atom. The van der Waals surface area contributed by atoms with Crippen molar-refractivity contribution in [2.24, 2.45) is 0 Å². The molecular formula is C44H26N4. The van der Waals surface area contributed by atoms with Crippen molar-refractivity contribution < 1.29 is 0 Å². The highest BCUT2D eigenvalue weighted by atomic mass is 15.0. The smallest absolute Gasteiger partial charge is 0.187 e. The summed E-state index contributed by atoms with van der Waals surface area (Å²) in [4.78, 5) is 3.56. The highest BCUT2D eigenvalue weighted by Crippen LogP contribution is 2.40. The fraction of sp³-hybridized carbons (Fsp3) is 0. The lowest BCUT2D eigenvalue weighted by atomic mass is 10.0. The van der Waals surface area contributed by atoms with Gasteiger partial charge in [0.2, 0.25) is 0 Å². The lowest BCUT2D eigenvalue weighted by Crippen LogP contribution is -1.97. The maximum Gasteiger partial charge on any atom is 0.187 e. The summed E-state index contributed by atoms with van der Waals surface area (Å²) < 4.78 is 4.68. The molecule has 0 amide bonds. The summed E-state index contributed by atoms with van der Waals surface area (Å²) in [6.45, 7) is 7.34. The summed E-state index contributed by atoms with van der Waals surface area (Å²) in [5.74, 6) is 0. The second-order valence-electron chi connectivity index (χ2n) is 12.0. The number of nitriles is 1. The van der Waals surface area contributed by atoms with Crippen LogP contribution in [0.3, 0.4) is 0 Å². The third-order valence-electron chi connectivity index (χ3n) is 9.35. The molecule has 9 aromatic rings. The van der Waals surface area contributed by atoms with Crippen LogP contribution < -0.4 is 0 Å². The molecule has 4 heteroatoms. The van der Waals surface area contributed by atoms with Crippen LogP contribution in [0.25, 0.3) is 82.1 Å². The minimum atomic E-state index is 0.636. The van der Waals surface area contributed by atoms with Crippen molar-refractivity contribution in [3.63, 3.8) is 0 Å². The Hall–Kier alpha value is -6.88. The van der Waals surface area contributed by atoms with Crippen molar-refractivity contribution in [3.8, 4) is 39.7 Å². The van der Waals surface area contributed by atoms with Gasteiger partial charge in [-0.1, -0.05) is 103 Å². The monoisotopic (exact) mass is 610 g/mol. The SMILES string of the molecule is [C-]#[N+]c1ccc(-c2cccc(-n3c4ccccc4c4cccc(-c5cccc(-n6c7ccccc7c7cc(C#N)ccc76)c5)c43)c2)cc1. The van der Waals surface area contributed by atoms with Crippen molar-refractivity contribution in [1.82, 2.24) is 9.13 Å². The number of fused-ring (bicyclic) bond motifs is 6. The third-order valence-corrected chi connectivity index (χ3v) is 9.35. The molecule has 4 nitrogen and oxygen atoms in total. The van der Waals surface area contributed by atoms with Gasteiger partial charge in [-0.3, -0.25) is 0 Å². The number of para-hydroxylation sites is 3. The van der Waals surface area contributed by atoms with Crippen LogP contribution >= 0.6 is 0 Å². The quantitative estimate of drug-likeness (QED) is 0.183. The minimum absolute atomic E-state index is 0.636. The predicted octanol–water partition coefficient (Wildman–Crippen LogP) is 11.6. The van der Waals surface area contributed by atoms with E-state index in [1.165, 1.54) is 10.8 Å². The summed E-state index contributed by atoms with van der Waals surface area (Å²) in [6.07, 6.45) is 0. The number of hydrogen-bond acceptors (Lipinski definition) is 1. The Bertz CT molecular complexity index is 2800. The molecule has 0 unspecified atom stereocenters. The van der Waals surface area contributed by atoms with Crippen molar-refractivity contribution in [2.75, 3.05) is 0 Å². The lowest BCUT2D eigenvalue weighted by Gasteiger charge is -2.14. The van der Waals surface area contributed by atoms with Crippen molar-refractivity contribution in [3.05, 3.63) is 175 Å². The molecule has 0 aliphatic carbocycles. The second kappa shape index (κ2) is 10.9. The van der Waals surface area contributed by atoms with Crippen molar-refractivity contribution in [2.45, 2.75) is 0 Å². The lowest BCUT2D eigenvalue weighted by molar-refractivity contribution is 1.17. The zero-order valence-corrected chi connectivity index (χ0v) is 25.8. The molecule has 9 rings (SSSR count). The van der Waals surface area contributed by atoms with E-state index in [1.54, 1.807) is 0 Å². The third kappa shape index (κ3) is 4.22.